The third kappa shape index (κ3) is 1.44. The van der Waals surface area contributed by atoms with E-state index >= 15 is 0 Å². The lowest BCUT2D eigenvalue weighted by Gasteiger charge is -2.20. The summed E-state index contributed by atoms with van der Waals surface area (Å²) in [4.78, 5) is 4.38. The van der Waals surface area contributed by atoms with Gasteiger partial charge < -0.3 is 4.74 Å². The summed E-state index contributed by atoms with van der Waals surface area (Å²) in [6.45, 7) is 0. The lowest BCUT2D eigenvalue weighted by atomic mass is 9.97. The number of aromatic nitrogens is 1. The Labute approximate surface area is 124 Å². The summed E-state index contributed by atoms with van der Waals surface area (Å²) in [7, 11) is 0. The summed E-state index contributed by atoms with van der Waals surface area (Å²) in [6, 6.07) is 17.9. The van der Waals surface area contributed by atoms with Crippen LogP contribution in [0, 0.1) is 0 Å². The molecule has 1 aliphatic heterocycles. The van der Waals surface area contributed by atoms with Crippen molar-refractivity contribution in [3.63, 3.8) is 0 Å². The molecule has 0 atom stereocenters. The summed E-state index contributed by atoms with van der Waals surface area (Å²) in [5, 5.41) is 3.73. The molecule has 1 aliphatic rings. The van der Waals surface area contributed by atoms with Crippen LogP contribution in [0.15, 0.2) is 66.8 Å². The molecule has 3 aromatic carbocycles. The van der Waals surface area contributed by atoms with E-state index in [2.05, 4.69) is 4.98 Å². The Morgan fingerprint density at radius 1 is 0.857 bits per heavy atom. The molecule has 0 spiro atoms. The molecule has 0 saturated carbocycles. The van der Waals surface area contributed by atoms with Gasteiger partial charge in [-0.05, 0) is 40.4 Å². The molecule has 5 rings (SSSR count). The summed E-state index contributed by atoms with van der Waals surface area (Å²) in [5.41, 5.74) is 1.60. The summed E-state index contributed by atoms with van der Waals surface area (Å²) in [6.07, 6.45) is -0.00865. The molecule has 98 valence electrons. The molecule has 4 aromatic rings. The minimum atomic E-state index is -0.00865. The topological polar surface area (TPSA) is 22.1 Å². The van der Waals surface area contributed by atoms with Gasteiger partial charge in [0, 0.05) is 11.7 Å². The van der Waals surface area contributed by atoms with Gasteiger partial charge in [0.05, 0.1) is 13.8 Å². The van der Waals surface area contributed by atoms with Gasteiger partial charge in [-0.25, -0.2) is 0 Å². The Bertz CT molecular complexity index is 1120. The van der Waals surface area contributed by atoms with Crippen molar-refractivity contribution in [2.45, 2.75) is 0 Å². The Hall–Kier alpha value is -2.87. The number of rotatable bonds is 0. The molecule has 2 heterocycles. The molecule has 2 nitrogen and oxygen atoms in total. The van der Waals surface area contributed by atoms with Crippen molar-refractivity contribution < 1.29 is 7.48 Å². The van der Waals surface area contributed by atoms with Gasteiger partial charge in [0.1, 0.15) is 11.5 Å². The maximum absolute atomic E-state index is 8.09. The maximum Gasteiger partial charge on any atom is 0.137 e. The van der Waals surface area contributed by atoms with Gasteiger partial charge in [0.2, 0.25) is 0 Å². The lowest BCUT2D eigenvalue weighted by Crippen LogP contribution is -1.98. The van der Waals surface area contributed by atoms with Gasteiger partial charge in [-0.1, -0.05) is 36.4 Å². The van der Waals surface area contributed by atoms with Gasteiger partial charge in [0.25, 0.3) is 0 Å². The standard InChI is InChI=1S/C19H11NO/c1-2-5-14-11-17-15(10-13(14)4-1)19-18-12(8-9-20-19)6-3-7-16(18)21-17/h1-11H/i8D,9D. The van der Waals surface area contributed by atoms with Crippen molar-refractivity contribution >= 4 is 21.5 Å². The van der Waals surface area contributed by atoms with Gasteiger partial charge in [-0.2, -0.15) is 0 Å². The van der Waals surface area contributed by atoms with Crippen molar-refractivity contribution in [1.29, 1.82) is 0 Å². The Morgan fingerprint density at radius 3 is 2.57 bits per heavy atom. The second-order valence-electron chi connectivity index (χ2n) is 5.17. The zero-order valence-corrected chi connectivity index (χ0v) is 11.1. The normalized spacial score (nSPS) is 13.5. The number of benzene rings is 3. The van der Waals surface area contributed by atoms with E-state index in [1.54, 1.807) is 0 Å². The maximum atomic E-state index is 8.09. The zero-order chi connectivity index (χ0) is 15.6. The Morgan fingerprint density at radius 2 is 1.67 bits per heavy atom. The third-order valence-electron chi connectivity index (χ3n) is 3.94. The first kappa shape index (κ1) is 9.14. The zero-order valence-electron chi connectivity index (χ0n) is 13.1. The van der Waals surface area contributed by atoms with E-state index in [9.17, 15) is 0 Å². The number of pyridine rings is 1. The lowest BCUT2D eigenvalue weighted by molar-refractivity contribution is 0.487. The van der Waals surface area contributed by atoms with E-state index in [4.69, 9.17) is 7.48 Å². The second kappa shape index (κ2) is 3.83. The molecule has 0 aliphatic carbocycles. The predicted molar refractivity (Wildman–Crippen MR) is 84.8 cm³/mol. The number of nitrogens with zero attached hydrogens (tertiary/aromatic N) is 1. The molecule has 1 aromatic heterocycles. The Kier molecular flexibility index (Phi) is 1.66. The van der Waals surface area contributed by atoms with Gasteiger partial charge in [0.15, 0.2) is 0 Å². The first-order chi connectivity index (χ1) is 11.2. The van der Waals surface area contributed by atoms with E-state index in [0.717, 1.165) is 33.2 Å². The highest BCUT2D eigenvalue weighted by Crippen LogP contribution is 2.46. The smallest absolute Gasteiger partial charge is 0.137 e. The molecule has 0 radical (unpaired) electrons. The highest BCUT2D eigenvalue weighted by Gasteiger charge is 2.21. The number of ether oxygens (including phenoxy) is 1. The van der Waals surface area contributed by atoms with Crippen LogP contribution in [0.4, 0.5) is 0 Å². The quantitative estimate of drug-likeness (QED) is 0.388. The molecular weight excluding hydrogens is 258 g/mol. The van der Waals surface area contributed by atoms with Crippen molar-refractivity contribution in [3.8, 4) is 22.8 Å². The van der Waals surface area contributed by atoms with Crippen LogP contribution in [0.25, 0.3) is 32.8 Å². The summed E-state index contributed by atoms with van der Waals surface area (Å²) < 4.78 is 22.2. The van der Waals surface area contributed by atoms with E-state index in [-0.39, 0.29) is 12.2 Å². The average Bonchev–Trinajstić information content (AvgIpc) is 2.57. The van der Waals surface area contributed by atoms with E-state index in [0.29, 0.717) is 11.1 Å². The highest BCUT2D eigenvalue weighted by molar-refractivity contribution is 6.04. The fourth-order valence-corrected chi connectivity index (χ4v) is 2.97. The fraction of sp³-hybridized carbons (Fsp3) is 0. The monoisotopic (exact) mass is 271 g/mol. The minimum Gasteiger partial charge on any atom is -0.456 e. The third-order valence-corrected chi connectivity index (χ3v) is 3.94. The van der Waals surface area contributed by atoms with Gasteiger partial charge in [-0.3, -0.25) is 4.98 Å². The summed E-state index contributed by atoms with van der Waals surface area (Å²) >= 11 is 0. The van der Waals surface area contributed by atoms with Crippen LogP contribution in [0.2, 0.25) is 0 Å². The minimum absolute atomic E-state index is 0.00865. The van der Waals surface area contributed by atoms with Crippen LogP contribution in [0.5, 0.6) is 11.5 Å². The van der Waals surface area contributed by atoms with Crippen molar-refractivity contribution in [2.75, 3.05) is 0 Å². The number of hydrogen-bond acceptors (Lipinski definition) is 2. The molecule has 0 unspecified atom stereocenters. The molecule has 21 heavy (non-hydrogen) atoms. The van der Waals surface area contributed by atoms with Crippen molar-refractivity contribution in [2.24, 2.45) is 0 Å². The molecule has 0 saturated heterocycles. The first-order valence-corrected chi connectivity index (χ1v) is 6.83. The first-order valence-electron chi connectivity index (χ1n) is 7.83. The van der Waals surface area contributed by atoms with Gasteiger partial charge >= 0.3 is 0 Å². The number of fused-ring (bicyclic) bond motifs is 3. The SMILES string of the molecule is [2H]c1nc2c3c(cccc3c1[2H])Oc1cc3ccccc3cc1-2. The number of hydrogen-bond donors (Lipinski definition) is 0. The van der Waals surface area contributed by atoms with E-state index < -0.39 is 0 Å². The molecule has 0 N–H and O–H groups in total. The molecule has 0 amide bonds. The molecule has 2 heteroatoms. The van der Waals surface area contributed by atoms with Crippen molar-refractivity contribution in [3.05, 3.63) is 66.8 Å². The molecule has 0 bridgehead atoms. The fourth-order valence-electron chi connectivity index (χ4n) is 2.97. The van der Waals surface area contributed by atoms with E-state index in [1.165, 1.54) is 0 Å². The van der Waals surface area contributed by atoms with Crippen LogP contribution in [0.3, 0.4) is 0 Å². The molecule has 0 fully saturated rings. The van der Waals surface area contributed by atoms with Crippen LogP contribution in [-0.4, -0.2) is 4.98 Å². The second-order valence-corrected chi connectivity index (χ2v) is 5.17. The van der Waals surface area contributed by atoms with Crippen LogP contribution in [0.1, 0.15) is 2.74 Å². The average molecular weight is 271 g/mol. The predicted octanol–water partition coefficient (Wildman–Crippen LogP) is 5.16. The van der Waals surface area contributed by atoms with Crippen molar-refractivity contribution in [1.82, 2.24) is 4.98 Å². The molecular formula is C19H11NO. The van der Waals surface area contributed by atoms with Gasteiger partial charge in [-0.15, -0.1) is 0 Å². The largest absolute Gasteiger partial charge is 0.456 e. The highest BCUT2D eigenvalue weighted by atomic mass is 16.5. The van der Waals surface area contributed by atoms with E-state index in [1.807, 2.05) is 54.6 Å². The van der Waals surface area contributed by atoms with Crippen LogP contribution < -0.4 is 4.74 Å². The Balaban J connectivity index is 1.96. The van der Waals surface area contributed by atoms with Crippen LogP contribution >= 0.6 is 0 Å². The summed E-state index contributed by atoms with van der Waals surface area (Å²) in [5.74, 6) is 1.44. The van der Waals surface area contributed by atoms with Crippen LogP contribution in [-0.2, 0) is 0 Å².